The molecule has 2 heterocycles. The maximum atomic E-state index is 7.57. The van der Waals surface area contributed by atoms with Crippen LogP contribution in [-0.4, -0.2) is 31.6 Å². The van der Waals surface area contributed by atoms with E-state index >= 15 is 0 Å². The summed E-state index contributed by atoms with van der Waals surface area (Å²) in [4.78, 5) is 15.4. The van der Waals surface area contributed by atoms with Crippen LogP contribution >= 0.6 is 0 Å². The van der Waals surface area contributed by atoms with Gasteiger partial charge in [0.05, 0.1) is 6.33 Å². The summed E-state index contributed by atoms with van der Waals surface area (Å²) >= 11 is 0. The molecule has 0 saturated heterocycles. The molecule has 3 aromatic rings. The molecule has 3 N–H and O–H groups in total. The normalized spacial score (nSPS) is 9.90. The van der Waals surface area contributed by atoms with E-state index in [0.717, 1.165) is 17.9 Å². The average molecular weight is 271 g/mol. The van der Waals surface area contributed by atoms with Crippen LogP contribution in [0.25, 0.3) is 11.2 Å². The van der Waals surface area contributed by atoms with E-state index in [2.05, 4.69) is 37.4 Å². The maximum absolute atomic E-state index is 7.57. The van der Waals surface area contributed by atoms with Crippen molar-refractivity contribution in [2.45, 2.75) is 13.5 Å². The predicted octanol–water partition coefficient (Wildman–Crippen LogP) is 1.96. The van der Waals surface area contributed by atoms with Crippen LogP contribution in [-0.2, 0) is 6.54 Å². The number of fused-ring (bicyclic) bond motifs is 1. The second kappa shape index (κ2) is 7.20. The number of hydrogen-bond donors (Lipinski definition) is 3. The third kappa shape index (κ3) is 3.52. The Hall–Kier alpha value is -2.47. The Labute approximate surface area is 116 Å². The minimum Gasteiger partial charge on any atom is -0.397 e. The van der Waals surface area contributed by atoms with E-state index in [1.165, 1.54) is 11.9 Å². The van der Waals surface area contributed by atoms with Gasteiger partial charge in [-0.25, -0.2) is 15.0 Å². The number of nitrogens with zero attached hydrogens (tertiary/aromatic N) is 3. The van der Waals surface area contributed by atoms with Crippen molar-refractivity contribution in [3.8, 4) is 0 Å². The molecule has 0 radical (unpaired) electrons. The first-order valence-electron chi connectivity index (χ1n) is 6.38. The van der Waals surface area contributed by atoms with Gasteiger partial charge in [-0.3, -0.25) is 0 Å². The Bertz CT molecular complexity index is 638. The number of nitrogens with one attached hydrogen (secondary N) is 2. The van der Waals surface area contributed by atoms with Crippen molar-refractivity contribution < 1.29 is 5.11 Å². The van der Waals surface area contributed by atoms with Crippen molar-refractivity contribution in [3.63, 3.8) is 0 Å². The molecular weight excluding hydrogens is 254 g/mol. The van der Waals surface area contributed by atoms with E-state index in [0.29, 0.717) is 5.65 Å². The second-order valence-electron chi connectivity index (χ2n) is 3.98. The number of aromatic amines is 1. The highest BCUT2D eigenvalue weighted by atomic mass is 16.2. The molecule has 0 bridgehead atoms. The number of hydrogen-bond acceptors (Lipinski definition) is 5. The third-order valence-electron chi connectivity index (χ3n) is 2.53. The van der Waals surface area contributed by atoms with Gasteiger partial charge in [-0.15, -0.1) is 0 Å². The number of aliphatic hydroxyl groups is 1. The van der Waals surface area contributed by atoms with Gasteiger partial charge in [0.1, 0.15) is 11.8 Å². The van der Waals surface area contributed by atoms with Crippen LogP contribution in [0, 0.1) is 0 Å². The van der Waals surface area contributed by atoms with Crippen molar-refractivity contribution in [1.82, 2.24) is 19.9 Å². The highest BCUT2D eigenvalue weighted by Gasteiger charge is 2.04. The van der Waals surface area contributed by atoms with Gasteiger partial charge in [-0.1, -0.05) is 30.3 Å². The number of aliphatic hydroxyl groups excluding tert-OH is 1. The molecule has 6 heteroatoms. The summed E-state index contributed by atoms with van der Waals surface area (Å²) in [6.45, 7) is 2.66. The minimum atomic E-state index is 0.250. The summed E-state index contributed by atoms with van der Waals surface area (Å²) in [6, 6.07) is 10.2. The number of imidazole rings is 1. The summed E-state index contributed by atoms with van der Waals surface area (Å²) < 4.78 is 0. The third-order valence-corrected chi connectivity index (χ3v) is 2.53. The van der Waals surface area contributed by atoms with Crippen LogP contribution in [0.15, 0.2) is 43.0 Å². The molecule has 0 aliphatic heterocycles. The molecule has 0 atom stereocenters. The predicted molar refractivity (Wildman–Crippen MR) is 78.2 cm³/mol. The smallest absolute Gasteiger partial charge is 0.182 e. The molecule has 3 rings (SSSR count). The molecule has 2 aromatic heterocycles. The lowest BCUT2D eigenvalue weighted by atomic mass is 10.2. The van der Waals surface area contributed by atoms with Gasteiger partial charge >= 0.3 is 0 Å². The quantitative estimate of drug-likeness (QED) is 0.678. The molecule has 0 fully saturated rings. The first-order valence-corrected chi connectivity index (χ1v) is 6.38. The monoisotopic (exact) mass is 271 g/mol. The lowest BCUT2D eigenvalue weighted by Crippen LogP contribution is -2.02. The van der Waals surface area contributed by atoms with Gasteiger partial charge in [-0.2, -0.15) is 0 Å². The van der Waals surface area contributed by atoms with Gasteiger partial charge in [0.15, 0.2) is 11.5 Å². The van der Waals surface area contributed by atoms with Crippen molar-refractivity contribution in [2.24, 2.45) is 0 Å². The number of rotatable bonds is 3. The van der Waals surface area contributed by atoms with E-state index in [4.69, 9.17) is 5.11 Å². The van der Waals surface area contributed by atoms with Crippen LogP contribution in [0.4, 0.5) is 5.82 Å². The van der Waals surface area contributed by atoms with Gasteiger partial charge in [0, 0.05) is 13.2 Å². The fourth-order valence-electron chi connectivity index (χ4n) is 1.68. The number of aromatic nitrogens is 4. The molecule has 20 heavy (non-hydrogen) atoms. The van der Waals surface area contributed by atoms with Gasteiger partial charge < -0.3 is 15.4 Å². The summed E-state index contributed by atoms with van der Waals surface area (Å²) in [5, 5.41) is 10.8. The first kappa shape index (κ1) is 14.0. The van der Waals surface area contributed by atoms with E-state index in [9.17, 15) is 0 Å². The van der Waals surface area contributed by atoms with Gasteiger partial charge in [0.25, 0.3) is 0 Å². The van der Waals surface area contributed by atoms with Crippen LogP contribution in [0.2, 0.25) is 0 Å². The van der Waals surface area contributed by atoms with E-state index in [-0.39, 0.29) is 6.61 Å². The second-order valence-corrected chi connectivity index (χ2v) is 3.98. The van der Waals surface area contributed by atoms with E-state index in [1.807, 2.05) is 18.2 Å². The minimum absolute atomic E-state index is 0.250. The molecule has 0 saturated carbocycles. The summed E-state index contributed by atoms with van der Waals surface area (Å²) in [7, 11) is 0. The molecule has 0 aliphatic rings. The van der Waals surface area contributed by atoms with E-state index in [1.54, 1.807) is 13.3 Å². The number of anilines is 1. The fourth-order valence-corrected chi connectivity index (χ4v) is 1.68. The van der Waals surface area contributed by atoms with Crippen LogP contribution < -0.4 is 5.32 Å². The van der Waals surface area contributed by atoms with Crippen LogP contribution in [0.3, 0.4) is 0 Å². The maximum Gasteiger partial charge on any atom is 0.182 e. The van der Waals surface area contributed by atoms with Crippen molar-refractivity contribution in [3.05, 3.63) is 48.5 Å². The lowest BCUT2D eigenvalue weighted by Gasteiger charge is -2.05. The number of H-pyrrole nitrogens is 1. The highest BCUT2D eigenvalue weighted by Crippen LogP contribution is 2.15. The number of benzene rings is 1. The summed E-state index contributed by atoms with van der Waals surface area (Å²) in [5.41, 5.74) is 2.72. The van der Waals surface area contributed by atoms with Crippen molar-refractivity contribution in [1.29, 1.82) is 0 Å². The Balaban J connectivity index is 0.000000452. The molecule has 0 spiro atoms. The molecule has 0 amide bonds. The van der Waals surface area contributed by atoms with Crippen molar-refractivity contribution in [2.75, 3.05) is 11.9 Å². The Morgan fingerprint density at radius 2 is 1.90 bits per heavy atom. The van der Waals surface area contributed by atoms with Crippen LogP contribution in [0.5, 0.6) is 0 Å². The molecule has 6 nitrogen and oxygen atoms in total. The lowest BCUT2D eigenvalue weighted by molar-refractivity contribution is 0.318. The zero-order valence-electron chi connectivity index (χ0n) is 11.2. The Morgan fingerprint density at radius 3 is 2.65 bits per heavy atom. The molecule has 0 aliphatic carbocycles. The first-order chi connectivity index (χ1) is 9.85. The van der Waals surface area contributed by atoms with Crippen LogP contribution in [0.1, 0.15) is 12.5 Å². The highest BCUT2D eigenvalue weighted by molar-refractivity contribution is 5.81. The molecular formula is C14H17N5O. The molecule has 0 unspecified atom stereocenters. The largest absolute Gasteiger partial charge is 0.397 e. The average Bonchev–Trinajstić information content (AvgIpc) is 2.96. The zero-order valence-corrected chi connectivity index (χ0v) is 11.2. The molecule has 104 valence electrons. The standard InChI is InChI=1S/C12H11N5.C2H6O/c1-2-4-9(5-3-1)6-13-11-10-12(15-7-14-10)17-8-16-11;1-2-3/h1-5,7-8H,6H2,(H2,13,14,15,16,17);3H,2H2,1H3. The summed E-state index contributed by atoms with van der Waals surface area (Å²) in [6.07, 6.45) is 3.13. The topological polar surface area (TPSA) is 86.7 Å². The van der Waals surface area contributed by atoms with E-state index < -0.39 is 0 Å². The Morgan fingerprint density at radius 1 is 1.15 bits per heavy atom. The Kier molecular flexibility index (Phi) is 5.02. The zero-order chi connectivity index (χ0) is 14.2. The fraction of sp³-hybridized carbons (Fsp3) is 0.214. The van der Waals surface area contributed by atoms with Gasteiger partial charge in [0.2, 0.25) is 0 Å². The molecule has 1 aromatic carbocycles. The van der Waals surface area contributed by atoms with Crippen molar-refractivity contribution >= 4 is 17.0 Å². The SMILES string of the molecule is CCO.c1ccc(CNc2ncnc3nc[nH]c23)cc1. The van der Waals surface area contributed by atoms with Gasteiger partial charge in [-0.05, 0) is 12.5 Å². The summed E-state index contributed by atoms with van der Waals surface area (Å²) in [5.74, 6) is 0.774.